The van der Waals surface area contributed by atoms with Crippen LogP contribution in [0.15, 0.2) is 48.5 Å². The zero-order valence-electron chi connectivity index (χ0n) is 14.4. The highest BCUT2D eigenvalue weighted by Crippen LogP contribution is 2.21. The number of hydrogen-bond donors (Lipinski definition) is 2. The highest BCUT2D eigenvalue weighted by atomic mass is 16.2. The van der Waals surface area contributed by atoms with Crippen molar-refractivity contribution in [2.24, 2.45) is 0 Å². The largest absolute Gasteiger partial charge is 0.372 e. The first-order chi connectivity index (χ1) is 12.1. The molecule has 3 rings (SSSR count). The summed E-state index contributed by atoms with van der Waals surface area (Å²) in [7, 11) is 0. The number of nitrogens with one attached hydrogen (secondary N) is 2. The molecule has 1 heterocycles. The normalized spacial score (nSPS) is 13.6. The average molecular weight is 337 g/mol. The van der Waals surface area contributed by atoms with Crippen LogP contribution < -0.4 is 15.5 Å². The van der Waals surface area contributed by atoms with Crippen LogP contribution in [0, 0.1) is 6.92 Å². The Kier molecular flexibility index (Phi) is 5.33. The van der Waals surface area contributed by atoms with Crippen LogP contribution in [0.1, 0.15) is 28.8 Å². The second kappa shape index (κ2) is 7.83. The van der Waals surface area contributed by atoms with Crippen LogP contribution in [-0.2, 0) is 4.79 Å². The summed E-state index contributed by atoms with van der Waals surface area (Å²) in [6, 6.07) is 15.1. The van der Waals surface area contributed by atoms with Crippen LogP contribution in [0.5, 0.6) is 0 Å². The summed E-state index contributed by atoms with van der Waals surface area (Å²) in [5.74, 6) is -0.488. The zero-order chi connectivity index (χ0) is 17.6. The van der Waals surface area contributed by atoms with Crippen LogP contribution in [0.25, 0.3) is 0 Å². The molecule has 2 aromatic carbocycles. The number of amides is 2. The predicted molar refractivity (Wildman–Crippen MR) is 100 cm³/mol. The van der Waals surface area contributed by atoms with Crippen LogP contribution in [0.2, 0.25) is 0 Å². The van der Waals surface area contributed by atoms with Gasteiger partial charge in [0.2, 0.25) is 5.91 Å². The predicted octanol–water partition coefficient (Wildman–Crippen LogP) is 2.96. The van der Waals surface area contributed by atoms with Crippen molar-refractivity contribution < 1.29 is 9.59 Å². The van der Waals surface area contributed by atoms with Gasteiger partial charge < -0.3 is 15.5 Å². The number of nitrogens with zero attached hydrogens (tertiary/aromatic N) is 1. The van der Waals surface area contributed by atoms with Gasteiger partial charge in [-0.1, -0.05) is 17.7 Å². The van der Waals surface area contributed by atoms with Gasteiger partial charge in [0.1, 0.15) is 0 Å². The van der Waals surface area contributed by atoms with E-state index in [9.17, 15) is 9.59 Å². The number of anilines is 2. The minimum atomic E-state index is -0.247. The lowest BCUT2D eigenvalue weighted by atomic mass is 10.1. The number of hydrogen-bond acceptors (Lipinski definition) is 3. The Morgan fingerprint density at radius 3 is 2.44 bits per heavy atom. The highest BCUT2D eigenvalue weighted by molar-refractivity contribution is 5.99. The van der Waals surface area contributed by atoms with Gasteiger partial charge in [0.15, 0.2) is 0 Å². The standard InChI is InChI=1S/C20H23N3O2/c1-15-5-4-6-16(13-15)20(25)21-14-19(24)22-17-7-9-18(10-8-17)23-11-2-3-12-23/h4-10,13H,2-3,11-12,14H2,1H3,(H,21,25)(H,22,24). The van der Waals surface area contributed by atoms with E-state index < -0.39 is 0 Å². The number of carbonyl (C=O) groups is 2. The van der Waals surface area contributed by atoms with Crippen LogP contribution in [0.4, 0.5) is 11.4 Å². The minimum Gasteiger partial charge on any atom is -0.372 e. The summed E-state index contributed by atoms with van der Waals surface area (Å²) in [6.45, 7) is 4.06. The molecule has 25 heavy (non-hydrogen) atoms. The monoisotopic (exact) mass is 337 g/mol. The molecule has 2 N–H and O–H groups in total. The van der Waals surface area contributed by atoms with Crippen LogP contribution >= 0.6 is 0 Å². The number of benzene rings is 2. The van der Waals surface area contributed by atoms with E-state index in [1.54, 1.807) is 12.1 Å². The number of rotatable bonds is 5. The molecule has 0 bridgehead atoms. The Bertz CT molecular complexity index is 750. The highest BCUT2D eigenvalue weighted by Gasteiger charge is 2.12. The molecule has 1 fully saturated rings. The molecule has 1 aliphatic rings. The lowest BCUT2D eigenvalue weighted by Gasteiger charge is -2.17. The first kappa shape index (κ1) is 17.0. The van der Waals surface area contributed by atoms with E-state index in [0.717, 1.165) is 24.3 Å². The van der Waals surface area contributed by atoms with E-state index in [0.29, 0.717) is 5.56 Å². The maximum absolute atomic E-state index is 12.0. The summed E-state index contributed by atoms with van der Waals surface area (Å²) in [6.07, 6.45) is 2.47. The Balaban J connectivity index is 1.49. The molecule has 0 unspecified atom stereocenters. The van der Waals surface area contributed by atoms with E-state index in [2.05, 4.69) is 15.5 Å². The van der Waals surface area contributed by atoms with E-state index in [1.165, 1.54) is 18.5 Å². The fourth-order valence-corrected chi connectivity index (χ4v) is 2.99. The SMILES string of the molecule is Cc1cccc(C(=O)NCC(=O)Nc2ccc(N3CCCC3)cc2)c1. The molecule has 5 heteroatoms. The summed E-state index contributed by atoms with van der Waals surface area (Å²) in [5, 5.41) is 5.45. The summed E-state index contributed by atoms with van der Waals surface area (Å²) >= 11 is 0. The van der Waals surface area contributed by atoms with E-state index >= 15 is 0 Å². The van der Waals surface area contributed by atoms with Gasteiger partial charge in [-0.25, -0.2) is 0 Å². The molecule has 0 atom stereocenters. The van der Waals surface area contributed by atoms with Gasteiger partial charge in [-0.3, -0.25) is 9.59 Å². The van der Waals surface area contributed by atoms with E-state index in [-0.39, 0.29) is 18.4 Å². The second-order valence-electron chi connectivity index (χ2n) is 6.34. The van der Waals surface area contributed by atoms with Crippen molar-refractivity contribution in [1.29, 1.82) is 0 Å². The molecule has 0 spiro atoms. The molecule has 0 saturated carbocycles. The third kappa shape index (κ3) is 4.59. The number of carbonyl (C=O) groups excluding carboxylic acids is 2. The molecule has 5 nitrogen and oxygen atoms in total. The van der Waals surface area contributed by atoms with Gasteiger partial charge in [0, 0.05) is 30.0 Å². The summed E-state index contributed by atoms with van der Waals surface area (Å²) in [4.78, 5) is 26.4. The van der Waals surface area contributed by atoms with E-state index in [4.69, 9.17) is 0 Å². The number of aryl methyl sites for hydroxylation is 1. The minimum absolute atomic E-state index is 0.0549. The van der Waals surface area contributed by atoms with Crippen LogP contribution in [0.3, 0.4) is 0 Å². The maximum atomic E-state index is 12.0. The zero-order valence-corrected chi connectivity index (χ0v) is 14.4. The molecule has 2 aromatic rings. The molecule has 0 aromatic heterocycles. The fraction of sp³-hybridized carbons (Fsp3) is 0.300. The molecule has 1 saturated heterocycles. The molecule has 1 aliphatic heterocycles. The Morgan fingerprint density at radius 1 is 1.04 bits per heavy atom. The first-order valence-corrected chi connectivity index (χ1v) is 8.61. The van der Waals surface area contributed by atoms with Gasteiger partial charge >= 0.3 is 0 Å². The molecule has 2 amide bonds. The first-order valence-electron chi connectivity index (χ1n) is 8.61. The van der Waals surface area contributed by atoms with Crippen molar-refractivity contribution in [3.63, 3.8) is 0 Å². The lowest BCUT2D eigenvalue weighted by molar-refractivity contribution is -0.115. The Labute approximate surface area is 148 Å². The van der Waals surface area contributed by atoms with Gasteiger partial charge in [-0.15, -0.1) is 0 Å². The Hall–Kier alpha value is -2.82. The average Bonchev–Trinajstić information content (AvgIpc) is 3.15. The van der Waals surface area contributed by atoms with Crippen molar-refractivity contribution in [2.75, 3.05) is 29.9 Å². The van der Waals surface area contributed by atoms with E-state index in [1.807, 2.05) is 43.3 Å². The third-order valence-corrected chi connectivity index (χ3v) is 4.31. The Morgan fingerprint density at radius 2 is 1.76 bits per heavy atom. The summed E-state index contributed by atoms with van der Waals surface area (Å²) in [5.41, 5.74) is 3.49. The van der Waals surface area contributed by atoms with Gasteiger partial charge in [0.05, 0.1) is 6.54 Å². The van der Waals surface area contributed by atoms with Gasteiger partial charge in [0.25, 0.3) is 5.91 Å². The topological polar surface area (TPSA) is 61.4 Å². The van der Waals surface area contributed by atoms with Crippen molar-refractivity contribution in [3.05, 3.63) is 59.7 Å². The molecule has 0 aliphatic carbocycles. The quantitative estimate of drug-likeness (QED) is 0.882. The summed E-state index contributed by atoms with van der Waals surface area (Å²) < 4.78 is 0. The third-order valence-electron chi connectivity index (χ3n) is 4.31. The second-order valence-corrected chi connectivity index (χ2v) is 6.34. The lowest BCUT2D eigenvalue weighted by Crippen LogP contribution is -2.32. The molecule has 0 radical (unpaired) electrons. The maximum Gasteiger partial charge on any atom is 0.251 e. The van der Waals surface area contributed by atoms with Crippen LogP contribution in [-0.4, -0.2) is 31.4 Å². The van der Waals surface area contributed by atoms with Gasteiger partial charge in [-0.05, 0) is 56.2 Å². The smallest absolute Gasteiger partial charge is 0.251 e. The van der Waals surface area contributed by atoms with Crippen molar-refractivity contribution in [1.82, 2.24) is 5.32 Å². The molecule has 130 valence electrons. The molecular weight excluding hydrogens is 314 g/mol. The molecular formula is C20H23N3O2. The van der Waals surface area contributed by atoms with Crippen molar-refractivity contribution in [2.45, 2.75) is 19.8 Å². The van der Waals surface area contributed by atoms with Crippen molar-refractivity contribution in [3.8, 4) is 0 Å². The van der Waals surface area contributed by atoms with Gasteiger partial charge in [-0.2, -0.15) is 0 Å². The van der Waals surface area contributed by atoms with Crippen molar-refractivity contribution >= 4 is 23.2 Å². The fourth-order valence-electron chi connectivity index (χ4n) is 2.99.